The number of piperidine rings is 1. The standard InChI is InChI=1S/C14H17FN2O3/c1-20-13(18)10-5-4-8-17(9-10)14(19)16-12-7-3-2-6-11(12)15/h2-3,6-7,10H,4-5,8-9H2,1H3,(H,16,19)/t10-/m0/s1. The van der Waals surface area contributed by atoms with E-state index in [0.717, 1.165) is 6.42 Å². The van der Waals surface area contributed by atoms with Gasteiger partial charge in [0.15, 0.2) is 0 Å². The lowest BCUT2D eigenvalue weighted by Crippen LogP contribution is -2.44. The average Bonchev–Trinajstić information content (AvgIpc) is 2.49. The molecule has 108 valence electrons. The Balaban J connectivity index is 1.99. The van der Waals surface area contributed by atoms with Crippen molar-refractivity contribution < 1.29 is 18.7 Å². The number of anilines is 1. The number of para-hydroxylation sites is 1. The van der Waals surface area contributed by atoms with Gasteiger partial charge in [-0.3, -0.25) is 4.79 Å². The lowest BCUT2D eigenvalue weighted by atomic mass is 9.98. The van der Waals surface area contributed by atoms with Gasteiger partial charge in [-0.05, 0) is 25.0 Å². The Bertz CT molecular complexity index is 507. The molecule has 1 saturated heterocycles. The molecule has 0 aliphatic carbocycles. The number of halogens is 1. The van der Waals surface area contributed by atoms with Gasteiger partial charge in [-0.1, -0.05) is 12.1 Å². The molecule has 1 fully saturated rings. The molecule has 0 spiro atoms. The second kappa shape index (κ2) is 6.36. The number of carbonyl (C=O) groups excluding carboxylic acids is 2. The Morgan fingerprint density at radius 2 is 2.15 bits per heavy atom. The number of urea groups is 1. The van der Waals surface area contributed by atoms with Crippen LogP contribution in [-0.2, 0) is 9.53 Å². The van der Waals surface area contributed by atoms with E-state index in [-0.39, 0.29) is 17.6 Å². The van der Waals surface area contributed by atoms with Crippen molar-refractivity contribution >= 4 is 17.7 Å². The van der Waals surface area contributed by atoms with Crippen LogP contribution in [0.4, 0.5) is 14.9 Å². The summed E-state index contributed by atoms with van der Waals surface area (Å²) in [5.41, 5.74) is 0.137. The maximum atomic E-state index is 13.5. The zero-order chi connectivity index (χ0) is 14.5. The van der Waals surface area contributed by atoms with Gasteiger partial charge in [0.1, 0.15) is 5.82 Å². The van der Waals surface area contributed by atoms with E-state index in [1.54, 1.807) is 12.1 Å². The average molecular weight is 280 g/mol. The predicted molar refractivity (Wildman–Crippen MR) is 71.7 cm³/mol. The van der Waals surface area contributed by atoms with Crippen molar-refractivity contribution in [3.05, 3.63) is 30.1 Å². The third-order valence-electron chi connectivity index (χ3n) is 3.36. The molecular weight excluding hydrogens is 263 g/mol. The first-order chi connectivity index (χ1) is 9.61. The first-order valence-corrected chi connectivity index (χ1v) is 6.50. The molecule has 0 radical (unpaired) electrons. The molecule has 0 aromatic heterocycles. The van der Waals surface area contributed by atoms with Gasteiger partial charge in [0.2, 0.25) is 0 Å². The topological polar surface area (TPSA) is 58.6 Å². The number of methoxy groups -OCH3 is 1. The van der Waals surface area contributed by atoms with Crippen LogP contribution in [0.15, 0.2) is 24.3 Å². The van der Waals surface area contributed by atoms with Crippen LogP contribution in [0.3, 0.4) is 0 Å². The number of benzene rings is 1. The number of amides is 2. The minimum absolute atomic E-state index is 0.137. The van der Waals surface area contributed by atoms with E-state index in [0.29, 0.717) is 19.5 Å². The quantitative estimate of drug-likeness (QED) is 0.845. The van der Waals surface area contributed by atoms with E-state index < -0.39 is 11.8 Å². The van der Waals surface area contributed by atoms with Crippen LogP contribution in [-0.4, -0.2) is 37.1 Å². The van der Waals surface area contributed by atoms with Gasteiger partial charge in [0.25, 0.3) is 0 Å². The number of hydrogen-bond acceptors (Lipinski definition) is 3. The van der Waals surface area contributed by atoms with Crippen molar-refractivity contribution in [1.82, 2.24) is 4.90 Å². The molecule has 0 unspecified atom stereocenters. The van der Waals surface area contributed by atoms with Crippen molar-refractivity contribution in [3.8, 4) is 0 Å². The zero-order valence-corrected chi connectivity index (χ0v) is 11.3. The molecule has 2 rings (SSSR count). The summed E-state index contributed by atoms with van der Waals surface area (Å²) in [7, 11) is 1.33. The summed E-state index contributed by atoms with van der Waals surface area (Å²) in [6.45, 7) is 0.848. The zero-order valence-electron chi connectivity index (χ0n) is 11.3. The normalized spacial score (nSPS) is 18.5. The number of hydrogen-bond donors (Lipinski definition) is 1. The highest BCUT2D eigenvalue weighted by Gasteiger charge is 2.29. The number of carbonyl (C=O) groups is 2. The SMILES string of the molecule is COC(=O)[C@H]1CCCN(C(=O)Nc2ccccc2F)C1. The molecule has 1 aliphatic heterocycles. The van der Waals surface area contributed by atoms with Crippen LogP contribution >= 0.6 is 0 Å². The van der Waals surface area contributed by atoms with E-state index in [2.05, 4.69) is 5.32 Å². The van der Waals surface area contributed by atoms with Crippen LogP contribution < -0.4 is 5.32 Å². The molecule has 0 bridgehead atoms. The number of esters is 1. The molecule has 6 heteroatoms. The number of nitrogens with one attached hydrogen (secondary N) is 1. The van der Waals surface area contributed by atoms with Gasteiger partial charge < -0.3 is 15.0 Å². The molecule has 1 N–H and O–H groups in total. The van der Waals surface area contributed by atoms with E-state index in [4.69, 9.17) is 4.74 Å². The van der Waals surface area contributed by atoms with Gasteiger partial charge in [-0.25, -0.2) is 9.18 Å². The molecule has 2 amide bonds. The fraction of sp³-hybridized carbons (Fsp3) is 0.429. The van der Waals surface area contributed by atoms with Crippen molar-refractivity contribution in [2.45, 2.75) is 12.8 Å². The highest BCUT2D eigenvalue weighted by molar-refractivity contribution is 5.90. The van der Waals surface area contributed by atoms with E-state index in [9.17, 15) is 14.0 Å². The second-order valence-electron chi connectivity index (χ2n) is 4.72. The third kappa shape index (κ3) is 3.26. The van der Waals surface area contributed by atoms with E-state index in [1.165, 1.54) is 24.1 Å². The highest BCUT2D eigenvalue weighted by Crippen LogP contribution is 2.19. The first-order valence-electron chi connectivity index (χ1n) is 6.50. The molecule has 1 heterocycles. The summed E-state index contributed by atoms with van der Waals surface area (Å²) in [4.78, 5) is 25.1. The number of likely N-dealkylation sites (tertiary alicyclic amines) is 1. The van der Waals surface area contributed by atoms with Crippen molar-refractivity contribution in [1.29, 1.82) is 0 Å². The first kappa shape index (κ1) is 14.3. The number of ether oxygens (including phenoxy) is 1. The van der Waals surface area contributed by atoms with Crippen LogP contribution in [0, 0.1) is 11.7 Å². The molecule has 1 aliphatic rings. The molecular formula is C14H17FN2O3. The van der Waals surface area contributed by atoms with Crippen molar-refractivity contribution in [2.75, 3.05) is 25.5 Å². The summed E-state index contributed by atoms with van der Waals surface area (Å²) in [6, 6.07) is 5.58. The third-order valence-corrected chi connectivity index (χ3v) is 3.36. The van der Waals surface area contributed by atoms with E-state index >= 15 is 0 Å². The monoisotopic (exact) mass is 280 g/mol. The molecule has 20 heavy (non-hydrogen) atoms. The largest absolute Gasteiger partial charge is 0.469 e. The van der Waals surface area contributed by atoms with Gasteiger partial charge in [-0.15, -0.1) is 0 Å². The molecule has 1 atom stereocenters. The summed E-state index contributed by atoms with van der Waals surface area (Å²) in [5.74, 6) is -1.10. The van der Waals surface area contributed by atoms with Crippen molar-refractivity contribution in [2.24, 2.45) is 5.92 Å². The maximum absolute atomic E-state index is 13.5. The van der Waals surface area contributed by atoms with Crippen LogP contribution in [0.2, 0.25) is 0 Å². The van der Waals surface area contributed by atoms with Gasteiger partial charge in [0.05, 0.1) is 18.7 Å². The summed E-state index contributed by atoms with van der Waals surface area (Å²) in [6.07, 6.45) is 1.43. The lowest BCUT2D eigenvalue weighted by Gasteiger charge is -2.31. The Morgan fingerprint density at radius 1 is 1.40 bits per heavy atom. The summed E-state index contributed by atoms with van der Waals surface area (Å²) < 4.78 is 18.2. The Hall–Kier alpha value is -2.11. The van der Waals surface area contributed by atoms with Gasteiger partial charge in [0, 0.05) is 13.1 Å². The predicted octanol–water partition coefficient (Wildman–Crippen LogP) is 2.24. The smallest absolute Gasteiger partial charge is 0.321 e. The van der Waals surface area contributed by atoms with Crippen molar-refractivity contribution in [3.63, 3.8) is 0 Å². The van der Waals surface area contributed by atoms with E-state index in [1.807, 2.05) is 0 Å². The molecule has 5 nitrogen and oxygen atoms in total. The molecule has 1 aromatic carbocycles. The highest BCUT2D eigenvalue weighted by atomic mass is 19.1. The minimum Gasteiger partial charge on any atom is -0.469 e. The van der Waals surface area contributed by atoms with Crippen LogP contribution in [0.1, 0.15) is 12.8 Å². The minimum atomic E-state index is -0.484. The fourth-order valence-electron chi connectivity index (χ4n) is 2.28. The van der Waals surface area contributed by atoms with Crippen LogP contribution in [0.5, 0.6) is 0 Å². The fourth-order valence-corrected chi connectivity index (χ4v) is 2.28. The van der Waals surface area contributed by atoms with Gasteiger partial charge in [-0.2, -0.15) is 0 Å². The Morgan fingerprint density at radius 3 is 2.85 bits per heavy atom. The Kier molecular flexibility index (Phi) is 4.55. The number of rotatable bonds is 2. The number of nitrogens with zero attached hydrogens (tertiary/aromatic N) is 1. The van der Waals surface area contributed by atoms with Gasteiger partial charge >= 0.3 is 12.0 Å². The second-order valence-corrected chi connectivity index (χ2v) is 4.72. The molecule has 0 saturated carbocycles. The summed E-state index contributed by atoms with van der Waals surface area (Å²) >= 11 is 0. The molecule has 1 aromatic rings. The van der Waals surface area contributed by atoms with Crippen LogP contribution in [0.25, 0.3) is 0 Å². The maximum Gasteiger partial charge on any atom is 0.321 e. The lowest BCUT2D eigenvalue weighted by molar-refractivity contribution is -0.146. The Labute approximate surface area is 116 Å². The summed E-state index contributed by atoms with van der Waals surface area (Å²) in [5, 5.41) is 2.52.